The van der Waals surface area contributed by atoms with E-state index in [-0.39, 0.29) is 13.1 Å². The Morgan fingerprint density at radius 2 is 1.67 bits per heavy atom. The number of carbonyl (C=O) groups is 1. The van der Waals surface area contributed by atoms with E-state index in [0.29, 0.717) is 6.61 Å². The summed E-state index contributed by atoms with van der Waals surface area (Å²) in [5.74, 6) is 0. The number of aromatic nitrogens is 1. The van der Waals surface area contributed by atoms with Gasteiger partial charge in [-0.2, -0.15) is 4.99 Å². The number of rotatable bonds is 4. The van der Waals surface area contributed by atoms with Crippen molar-refractivity contribution in [3.8, 4) is 0 Å². The van der Waals surface area contributed by atoms with Gasteiger partial charge in [0.1, 0.15) is 0 Å². The first-order valence-electron chi connectivity index (χ1n) is 8.17. The van der Waals surface area contributed by atoms with Crippen LogP contribution >= 0.6 is 20.2 Å². The predicted octanol–water partition coefficient (Wildman–Crippen LogP) is 5.65. The molecule has 1 aromatic heterocycles. The van der Waals surface area contributed by atoms with Gasteiger partial charge in [0.05, 0.1) is 36.1 Å². The van der Waals surface area contributed by atoms with Crippen molar-refractivity contribution >= 4 is 44.4 Å². The van der Waals surface area contributed by atoms with E-state index < -0.39 is 6.09 Å². The fraction of sp³-hybridized carbons (Fsp3) is 0.316. The molecule has 0 N–H and O–H groups in total. The summed E-state index contributed by atoms with van der Waals surface area (Å²) in [6.07, 6.45) is 2.74. The second-order valence-corrected chi connectivity index (χ2v) is 7.58. The van der Waals surface area contributed by atoms with E-state index in [4.69, 9.17) is 24.9 Å². The molecule has 0 unspecified atom stereocenters. The monoisotopic (exact) mass is 451 g/mol. The number of ether oxygens (including phenoxy) is 1. The van der Waals surface area contributed by atoms with Crippen molar-refractivity contribution in [1.29, 1.82) is 0 Å². The molecule has 0 atom stereocenters. The van der Waals surface area contributed by atoms with E-state index >= 15 is 0 Å². The summed E-state index contributed by atoms with van der Waals surface area (Å²) in [5.41, 5.74) is 6.27. The van der Waals surface area contributed by atoms with Gasteiger partial charge in [0.2, 0.25) is 0 Å². The van der Waals surface area contributed by atoms with Crippen molar-refractivity contribution in [3.05, 3.63) is 52.3 Å². The summed E-state index contributed by atoms with van der Waals surface area (Å²) in [7, 11) is 11.4. The number of halogens is 2. The van der Waals surface area contributed by atoms with Crippen LogP contribution < -0.4 is 0 Å². The second kappa shape index (κ2) is 12.0. The first-order valence-corrected chi connectivity index (χ1v) is 11.2. The molecule has 0 spiro atoms. The third-order valence-electron chi connectivity index (χ3n) is 3.73. The van der Waals surface area contributed by atoms with Gasteiger partial charge in [-0.3, -0.25) is 4.99 Å². The standard InChI is InChI=1S/C19H23N3O2.2ClH.Fe/c1-6-24-19(23)21-12-17-8-7-16(22(17)5)11-20-18-14(3)9-13(2)10-15(18)4;;;/h7-12H,6H2,1-5H3;2*1H;/q;;;+2/p-2/b20-11?,21-12+;;;. The molecule has 0 aliphatic rings. The average Bonchev–Trinajstić information content (AvgIpc) is 2.93. The average molecular weight is 452 g/mol. The Morgan fingerprint density at radius 3 is 2.19 bits per heavy atom. The van der Waals surface area contributed by atoms with Gasteiger partial charge in [-0.15, -0.1) is 0 Å². The van der Waals surface area contributed by atoms with Crippen LogP contribution in [0.1, 0.15) is 35.0 Å². The maximum absolute atomic E-state index is 11.3. The zero-order valence-corrected chi connectivity index (χ0v) is 18.6. The number of carbonyl (C=O) groups excluding carboxylic acids is 1. The molecule has 0 aliphatic heterocycles. The predicted molar refractivity (Wildman–Crippen MR) is 110 cm³/mol. The number of hydrogen-bond acceptors (Lipinski definition) is 3. The fourth-order valence-corrected chi connectivity index (χ4v) is 2.59. The molecule has 1 amide bonds. The molecular weight excluding hydrogens is 429 g/mol. The van der Waals surface area contributed by atoms with Gasteiger partial charge in [-0.05, 0) is 51.0 Å². The summed E-state index contributed by atoms with van der Waals surface area (Å²) in [6.45, 7) is 8.28. The number of amides is 1. The quantitative estimate of drug-likeness (QED) is 0.445. The molecule has 1 heterocycles. The summed E-state index contributed by atoms with van der Waals surface area (Å²) in [4.78, 5) is 19.7. The second-order valence-electron chi connectivity index (χ2n) is 5.76. The van der Waals surface area contributed by atoms with Crippen molar-refractivity contribution in [2.45, 2.75) is 27.7 Å². The molecule has 27 heavy (non-hydrogen) atoms. The van der Waals surface area contributed by atoms with Crippen molar-refractivity contribution in [3.63, 3.8) is 0 Å². The molecule has 5 nitrogen and oxygen atoms in total. The summed E-state index contributed by atoms with van der Waals surface area (Å²) in [6, 6.07) is 8.08. The molecular formula is C19H23Cl2FeN3O2. The zero-order valence-electron chi connectivity index (χ0n) is 15.9. The minimum absolute atomic E-state index is 0.194. The SMILES string of the molecule is CCOC(=O)/N=C/c1ccc(C=Nc2c(C)cc(C)cc2C)n1C.[Cl][Fe][Cl]. The summed E-state index contributed by atoms with van der Waals surface area (Å²) < 4.78 is 6.70. The summed E-state index contributed by atoms with van der Waals surface area (Å²) >= 11 is 0.194. The molecule has 0 bridgehead atoms. The van der Waals surface area contributed by atoms with Gasteiger partial charge in [0.25, 0.3) is 0 Å². The number of aryl methyl sites for hydroxylation is 3. The first kappa shape index (κ1) is 23.4. The molecule has 2 aromatic rings. The minimum atomic E-state index is -0.583. The van der Waals surface area contributed by atoms with Crippen molar-refractivity contribution in [1.82, 2.24) is 4.57 Å². The summed E-state index contributed by atoms with van der Waals surface area (Å²) in [5, 5.41) is 0. The van der Waals surface area contributed by atoms with Gasteiger partial charge < -0.3 is 9.30 Å². The third kappa shape index (κ3) is 7.51. The topological polar surface area (TPSA) is 55.9 Å². The van der Waals surface area contributed by atoms with Crippen LogP contribution in [-0.2, 0) is 24.9 Å². The number of hydrogen-bond donors (Lipinski definition) is 0. The Morgan fingerprint density at radius 1 is 1.15 bits per heavy atom. The van der Waals surface area contributed by atoms with Crippen LogP contribution in [0.3, 0.4) is 0 Å². The van der Waals surface area contributed by atoms with Crippen LogP contribution in [0, 0.1) is 20.8 Å². The molecule has 0 saturated heterocycles. The Hall–Kier alpha value is -1.59. The third-order valence-corrected chi connectivity index (χ3v) is 3.73. The van der Waals surface area contributed by atoms with Gasteiger partial charge in [-0.25, -0.2) is 4.79 Å². The van der Waals surface area contributed by atoms with Crippen LogP contribution in [0.5, 0.6) is 0 Å². The number of benzene rings is 1. The van der Waals surface area contributed by atoms with Crippen LogP contribution in [-0.4, -0.2) is 29.7 Å². The normalized spacial score (nSPS) is 11.1. The van der Waals surface area contributed by atoms with E-state index in [1.165, 1.54) is 11.8 Å². The Balaban J connectivity index is 0.00000114. The Labute approximate surface area is 175 Å². The molecule has 1 aromatic carbocycles. The molecule has 0 aliphatic carbocycles. The number of nitrogens with zero attached hydrogens (tertiary/aromatic N) is 3. The van der Waals surface area contributed by atoms with Crippen molar-refractivity contribution < 1.29 is 22.7 Å². The van der Waals surface area contributed by atoms with Crippen LogP contribution in [0.2, 0.25) is 0 Å². The molecule has 148 valence electrons. The fourth-order valence-electron chi connectivity index (χ4n) is 2.59. The first-order chi connectivity index (χ1) is 12.8. The zero-order chi connectivity index (χ0) is 20.4. The van der Waals surface area contributed by atoms with E-state index in [0.717, 1.165) is 28.2 Å². The van der Waals surface area contributed by atoms with Crippen LogP contribution in [0.4, 0.5) is 10.5 Å². The van der Waals surface area contributed by atoms with Crippen LogP contribution in [0.25, 0.3) is 0 Å². The maximum atomic E-state index is 11.3. The van der Waals surface area contributed by atoms with Crippen LogP contribution in [0.15, 0.2) is 34.3 Å². The number of aliphatic imine (C=N–C) groups is 2. The van der Waals surface area contributed by atoms with E-state index in [2.05, 4.69) is 42.9 Å². The van der Waals surface area contributed by atoms with E-state index in [1.54, 1.807) is 6.92 Å². The van der Waals surface area contributed by atoms with E-state index in [1.807, 2.05) is 30.0 Å². The molecule has 0 radical (unpaired) electrons. The molecule has 8 heteroatoms. The Kier molecular flexibility index (Phi) is 10.4. The van der Waals surface area contributed by atoms with Crippen molar-refractivity contribution in [2.24, 2.45) is 17.0 Å². The molecule has 0 saturated carbocycles. The van der Waals surface area contributed by atoms with Gasteiger partial charge in [0, 0.05) is 7.05 Å². The van der Waals surface area contributed by atoms with Crippen molar-refractivity contribution in [2.75, 3.05) is 6.61 Å². The van der Waals surface area contributed by atoms with E-state index in [9.17, 15) is 4.79 Å². The van der Waals surface area contributed by atoms with Gasteiger partial charge in [-0.1, -0.05) is 17.7 Å². The van der Waals surface area contributed by atoms with Gasteiger partial charge in [0.15, 0.2) is 0 Å². The molecule has 2 rings (SSSR count). The Bertz CT molecular complexity index is 809. The molecule has 0 fully saturated rings. The van der Waals surface area contributed by atoms with Gasteiger partial charge >= 0.3 is 39.4 Å².